The Kier molecular flexibility index (Phi) is 7.63. The fourth-order valence-corrected chi connectivity index (χ4v) is 3.51. The highest BCUT2D eigenvalue weighted by molar-refractivity contribution is 9.10. The van der Waals surface area contributed by atoms with Crippen LogP contribution in [0.5, 0.6) is 0 Å². The van der Waals surface area contributed by atoms with Crippen molar-refractivity contribution < 1.29 is 23.9 Å². The highest BCUT2D eigenvalue weighted by Gasteiger charge is 2.48. The maximum Gasteiger partial charge on any atom is 0.410 e. The summed E-state index contributed by atoms with van der Waals surface area (Å²) in [5.41, 5.74) is -1.73. The third-order valence-corrected chi connectivity index (χ3v) is 4.78. The zero-order valence-corrected chi connectivity index (χ0v) is 21.0. The Balaban J connectivity index is 2.18. The van der Waals surface area contributed by atoms with E-state index in [1.807, 2.05) is 0 Å². The molecule has 0 unspecified atom stereocenters. The molecule has 31 heavy (non-hydrogen) atoms. The summed E-state index contributed by atoms with van der Waals surface area (Å²) in [7, 11) is 0. The zero-order valence-electron chi connectivity index (χ0n) is 18.7. The Morgan fingerprint density at radius 1 is 1.13 bits per heavy atom. The topological polar surface area (TPSA) is 97.8 Å². The van der Waals surface area contributed by atoms with Gasteiger partial charge >= 0.3 is 12.2 Å². The summed E-state index contributed by atoms with van der Waals surface area (Å²) < 4.78 is 11.2. The molecule has 172 valence electrons. The maximum atomic E-state index is 12.9. The molecule has 1 heterocycles. The summed E-state index contributed by atoms with van der Waals surface area (Å²) in [4.78, 5) is 43.2. The molecule has 1 N–H and O–H groups in total. The van der Waals surface area contributed by atoms with Crippen LogP contribution in [0.1, 0.15) is 64.7 Å². The third kappa shape index (κ3) is 8.65. The molecule has 10 heteroatoms. The van der Waals surface area contributed by atoms with E-state index in [2.05, 4.69) is 26.2 Å². The van der Waals surface area contributed by atoms with Gasteiger partial charge in [0.2, 0.25) is 0 Å². The van der Waals surface area contributed by atoms with E-state index < -0.39 is 28.9 Å². The largest absolute Gasteiger partial charge is 0.444 e. The molecule has 1 aliphatic carbocycles. The van der Waals surface area contributed by atoms with Crippen molar-refractivity contribution >= 4 is 45.5 Å². The molecule has 0 spiro atoms. The number of hydrogen-bond acceptors (Lipinski definition) is 6. The van der Waals surface area contributed by atoms with Gasteiger partial charge in [-0.2, -0.15) is 0 Å². The van der Waals surface area contributed by atoms with E-state index in [0.29, 0.717) is 23.0 Å². The van der Waals surface area contributed by atoms with Gasteiger partial charge in [0.15, 0.2) is 5.78 Å². The summed E-state index contributed by atoms with van der Waals surface area (Å²) >= 11 is 9.16. The molecule has 1 saturated carbocycles. The smallest absolute Gasteiger partial charge is 0.410 e. The fraction of sp³-hybridized carbons (Fsp3) is 0.619. The first-order valence-electron chi connectivity index (χ1n) is 9.93. The molecule has 1 aromatic heterocycles. The van der Waals surface area contributed by atoms with Crippen LogP contribution in [0.3, 0.4) is 0 Å². The average molecular weight is 519 g/mol. The van der Waals surface area contributed by atoms with Gasteiger partial charge in [0.1, 0.15) is 21.0 Å². The van der Waals surface area contributed by atoms with Crippen molar-refractivity contribution in [2.24, 2.45) is 0 Å². The molecule has 1 aromatic rings. The maximum absolute atomic E-state index is 12.9. The van der Waals surface area contributed by atoms with Crippen LogP contribution in [0.15, 0.2) is 16.7 Å². The summed E-state index contributed by atoms with van der Waals surface area (Å²) in [5.74, 6) is -0.330. The van der Waals surface area contributed by atoms with Crippen molar-refractivity contribution in [1.29, 1.82) is 0 Å². The first-order valence-corrected chi connectivity index (χ1v) is 11.1. The monoisotopic (exact) mass is 517 g/mol. The quantitative estimate of drug-likeness (QED) is 0.421. The van der Waals surface area contributed by atoms with Crippen molar-refractivity contribution in [2.45, 2.75) is 71.1 Å². The first-order chi connectivity index (χ1) is 14.1. The molecular weight excluding hydrogens is 490 g/mol. The normalized spacial score (nSPS) is 15.1. The van der Waals surface area contributed by atoms with Crippen molar-refractivity contribution in [3.63, 3.8) is 0 Å². The van der Waals surface area contributed by atoms with Crippen LogP contribution in [0.25, 0.3) is 0 Å². The number of Topliss-reactive ketones (excluding diaryl/α,β-unsaturated/α-hetero) is 1. The van der Waals surface area contributed by atoms with Gasteiger partial charge in [-0.15, -0.1) is 0 Å². The van der Waals surface area contributed by atoms with E-state index in [-0.39, 0.29) is 24.0 Å². The van der Waals surface area contributed by atoms with Gasteiger partial charge in [-0.3, -0.25) is 9.69 Å². The number of carbonyl (C=O) groups excluding carboxylic acids is 3. The van der Waals surface area contributed by atoms with E-state index in [0.717, 1.165) is 0 Å². The number of pyridine rings is 1. The zero-order chi connectivity index (χ0) is 23.6. The summed E-state index contributed by atoms with van der Waals surface area (Å²) in [6.45, 7) is 10.4. The van der Waals surface area contributed by atoms with Gasteiger partial charge in [-0.1, -0.05) is 11.6 Å². The van der Waals surface area contributed by atoms with Crippen LogP contribution >= 0.6 is 27.5 Å². The number of nitrogens with one attached hydrogen (secondary N) is 1. The van der Waals surface area contributed by atoms with Crippen molar-refractivity contribution in [2.75, 3.05) is 13.1 Å². The van der Waals surface area contributed by atoms with E-state index in [1.165, 1.54) is 17.0 Å². The van der Waals surface area contributed by atoms with Gasteiger partial charge in [0.05, 0.1) is 12.1 Å². The number of rotatable bonds is 6. The number of alkyl carbamates (subject to hydrolysis) is 1. The molecule has 0 bridgehead atoms. The first kappa shape index (κ1) is 25.4. The molecule has 0 radical (unpaired) electrons. The third-order valence-electron chi connectivity index (χ3n) is 4.18. The summed E-state index contributed by atoms with van der Waals surface area (Å²) in [5, 5.41) is 3.00. The number of ether oxygens (including phenoxy) is 2. The molecule has 0 aromatic carbocycles. The minimum absolute atomic E-state index is 0.118. The molecule has 2 rings (SSSR count). The number of carbonyl (C=O) groups is 3. The molecular formula is C21H29BrClN3O5. The van der Waals surface area contributed by atoms with Crippen molar-refractivity contribution in [3.05, 3.63) is 27.5 Å². The van der Waals surface area contributed by atoms with Gasteiger partial charge in [-0.25, -0.2) is 14.6 Å². The van der Waals surface area contributed by atoms with Crippen LogP contribution < -0.4 is 5.32 Å². The number of nitrogens with zero attached hydrogens (tertiary/aromatic N) is 2. The number of aromatic nitrogens is 1. The minimum Gasteiger partial charge on any atom is -0.444 e. The van der Waals surface area contributed by atoms with Crippen LogP contribution in [-0.2, 0) is 9.47 Å². The van der Waals surface area contributed by atoms with Gasteiger partial charge in [0.25, 0.3) is 0 Å². The van der Waals surface area contributed by atoms with Gasteiger partial charge in [0, 0.05) is 12.1 Å². The number of ketones is 1. The Labute approximate surface area is 196 Å². The predicted molar refractivity (Wildman–Crippen MR) is 120 cm³/mol. The van der Waals surface area contributed by atoms with E-state index in [1.54, 1.807) is 41.5 Å². The fourth-order valence-electron chi connectivity index (χ4n) is 2.76. The average Bonchev–Trinajstić information content (AvgIpc) is 3.28. The number of halogens is 2. The highest BCUT2D eigenvalue weighted by atomic mass is 79.9. The molecule has 1 aliphatic rings. The van der Waals surface area contributed by atoms with Crippen LogP contribution in [0.2, 0.25) is 5.15 Å². The molecule has 0 saturated heterocycles. The standard InChI is InChI=1S/C21H29BrClN3O5/c1-19(2,3)30-17(28)25-21(7-8-21)12-26(18(29)31-20(4,5)6)11-14(27)13-9-15(22)24-16(23)10-13/h9-10H,7-8,11-12H2,1-6H3,(H,25,28). The SMILES string of the molecule is CC(C)(C)OC(=O)NC1(CN(CC(=O)c2cc(Cl)nc(Br)c2)C(=O)OC(C)(C)C)CC1. The lowest BCUT2D eigenvalue weighted by atomic mass is 10.1. The van der Waals surface area contributed by atoms with Crippen LogP contribution in [-0.4, -0.2) is 57.7 Å². The van der Waals surface area contributed by atoms with E-state index in [9.17, 15) is 14.4 Å². The predicted octanol–water partition coefficient (Wildman–Crippen LogP) is 4.97. The second kappa shape index (κ2) is 9.32. The van der Waals surface area contributed by atoms with E-state index >= 15 is 0 Å². The van der Waals surface area contributed by atoms with Crippen LogP contribution in [0.4, 0.5) is 9.59 Å². The Morgan fingerprint density at radius 3 is 2.19 bits per heavy atom. The molecule has 1 fully saturated rings. The van der Waals surface area contributed by atoms with Crippen LogP contribution in [0, 0.1) is 0 Å². The van der Waals surface area contributed by atoms with Crippen molar-refractivity contribution in [1.82, 2.24) is 15.2 Å². The molecule has 0 atom stereocenters. The number of hydrogen-bond donors (Lipinski definition) is 1. The van der Waals surface area contributed by atoms with E-state index in [4.69, 9.17) is 21.1 Å². The lowest BCUT2D eigenvalue weighted by Gasteiger charge is -2.31. The Bertz CT molecular complexity index is 839. The second-order valence-corrected chi connectivity index (χ2v) is 10.9. The lowest BCUT2D eigenvalue weighted by Crippen LogP contribution is -2.51. The summed E-state index contributed by atoms with van der Waals surface area (Å²) in [6, 6.07) is 2.97. The molecule has 0 aliphatic heterocycles. The van der Waals surface area contributed by atoms with Gasteiger partial charge < -0.3 is 14.8 Å². The lowest BCUT2D eigenvalue weighted by molar-refractivity contribution is 0.0203. The van der Waals surface area contributed by atoms with Gasteiger partial charge in [-0.05, 0) is 82.4 Å². The summed E-state index contributed by atoms with van der Waals surface area (Å²) in [6.07, 6.45) is 0.112. The number of amides is 2. The molecule has 8 nitrogen and oxygen atoms in total. The second-order valence-electron chi connectivity index (χ2n) is 9.67. The Hall–Kier alpha value is -1.87. The minimum atomic E-state index is -0.739. The Morgan fingerprint density at radius 2 is 1.71 bits per heavy atom. The van der Waals surface area contributed by atoms with Crippen molar-refractivity contribution in [3.8, 4) is 0 Å². The molecule has 2 amide bonds. The highest BCUT2D eigenvalue weighted by Crippen LogP contribution is 2.37.